The molecular formula is C16H12ClNO6. The normalized spacial score (nSPS) is 10.1. The number of ketones is 1. The van der Waals surface area contributed by atoms with Crippen LogP contribution in [0.25, 0.3) is 0 Å². The Labute approximate surface area is 141 Å². The average molecular weight is 350 g/mol. The highest BCUT2D eigenvalue weighted by Gasteiger charge is 2.19. The van der Waals surface area contributed by atoms with Crippen molar-refractivity contribution < 1.29 is 24.0 Å². The predicted octanol–water partition coefficient (Wildman–Crippen LogP) is 3.79. The van der Waals surface area contributed by atoms with Crippen LogP contribution in [0.2, 0.25) is 5.02 Å². The summed E-state index contributed by atoms with van der Waals surface area (Å²) in [5.74, 6) is -0.950. The van der Waals surface area contributed by atoms with Crippen LogP contribution in [0.15, 0.2) is 42.5 Å². The Morgan fingerprint density at radius 1 is 1.21 bits per heavy atom. The third-order valence-electron chi connectivity index (χ3n) is 2.84. The standard InChI is InChI=1S/C16H12ClNO6/c1-10(19)9-23-16(20)11-4-2-5-12(8-11)24-15-13(17)6-3-7-14(15)18(21)22/h2-8H,9H2,1H3. The molecule has 0 aliphatic rings. The predicted molar refractivity (Wildman–Crippen MR) is 85.6 cm³/mol. The molecular weight excluding hydrogens is 338 g/mol. The molecule has 124 valence electrons. The molecule has 0 aliphatic heterocycles. The minimum absolute atomic E-state index is 0.0637. The van der Waals surface area contributed by atoms with Crippen LogP contribution in [0, 0.1) is 10.1 Å². The Hall–Kier alpha value is -2.93. The first-order chi connectivity index (χ1) is 11.4. The van der Waals surface area contributed by atoms with E-state index in [1.54, 1.807) is 0 Å². The fourth-order valence-corrected chi connectivity index (χ4v) is 2.01. The number of nitrogens with zero attached hydrogens (tertiary/aromatic N) is 1. The van der Waals surface area contributed by atoms with Gasteiger partial charge >= 0.3 is 11.7 Å². The number of benzene rings is 2. The summed E-state index contributed by atoms with van der Waals surface area (Å²) in [4.78, 5) is 33.1. The molecule has 0 saturated heterocycles. The number of nitro benzene ring substituents is 1. The Kier molecular flexibility index (Phi) is 5.49. The fraction of sp³-hybridized carbons (Fsp3) is 0.125. The summed E-state index contributed by atoms with van der Waals surface area (Å²) in [5.41, 5.74) is -0.157. The molecule has 0 radical (unpaired) electrons. The van der Waals surface area contributed by atoms with E-state index in [1.165, 1.54) is 49.4 Å². The maximum atomic E-state index is 11.8. The number of hydrogen-bond donors (Lipinski definition) is 0. The van der Waals surface area contributed by atoms with E-state index in [1.807, 2.05) is 0 Å². The van der Waals surface area contributed by atoms with E-state index in [0.717, 1.165) is 0 Å². The van der Waals surface area contributed by atoms with Crippen LogP contribution in [-0.2, 0) is 9.53 Å². The second-order valence-corrected chi connectivity index (χ2v) is 5.16. The highest BCUT2D eigenvalue weighted by atomic mass is 35.5. The average Bonchev–Trinajstić information content (AvgIpc) is 2.54. The van der Waals surface area contributed by atoms with Gasteiger partial charge in [0.1, 0.15) is 12.4 Å². The monoisotopic (exact) mass is 349 g/mol. The van der Waals surface area contributed by atoms with Gasteiger partial charge < -0.3 is 9.47 Å². The summed E-state index contributed by atoms with van der Waals surface area (Å²) in [5, 5.41) is 11.1. The van der Waals surface area contributed by atoms with Crippen LogP contribution in [-0.4, -0.2) is 23.3 Å². The van der Waals surface area contributed by atoms with Gasteiger partial charge in [0.2, 0.25) is 5.75 Å². The van der Waals surface area contributed by atoms with Crippen molar-refractivity contribution in [3.05, 3.63) is 63.2 Å². The van der Waals surface area contributed by atoms with Crippen molar-refractivity contribution in [2.45, 2.75) is 6.92 Å². The second-order valence-electron chi connectivity index (χ2n) is 4.75. The smallest absolute Gasteiger partial charge is 0.338 e. The molecule has 0 unspecified atom stereocenters. The molecule has 0 N–H and O–H groups in total. The van der Waals surface area contributed by atoms with Crippen LogP contribution in [0.5, 0.6) is 11.5 Å². The van der Waals surface area contributed by atoms with E-state index >= 15 is 0 Å². The summed E-state index contributed by atoms with van der Waals surface area (Å²) in [6, 6.07) is 9.98. The summed E-state index contributed by atoms with van der Waals surface area (Å²) < 4.78 is 10.3. The number of Topliss-reactive ketones (excluding diaryl/α,β-unsaturated/α-hetero) is 1. The van der Waals surface area contributed by atoms with Gasteiger partial charge in [-0.1, -0.05) is 23.7 Å². The molecule has 0 saturated carbocycles. The summed E-state index contributed by atoms with van der Waals surface area (Å²) in [6.45, 7) is 0.962. The van der Waals surface area contributed by atoms with Gasteiger partial charge in [-0.05, 0) is 31.2 Å². The molecule has 0 bridgehead atoms. The first kappa shape index (κ1) is 17.4. The maximum Gasteiger partial charge on any atom is 0.338 e. The molecule has 7 nitrogen and oxygen atoms in total. The van der Waals surface area contributed by atoms with Crippen LogP contribution in [0.4, 0.5) is 5.69 Å². The molecule has 2 aromatic rings. The van der Waals surface area contributed by atoms with Crippen molar-refractivity contribution in [1.29, 1.82) is 0 Å². The van der Waals surface area contributed by atoms with Crippen molar-refractivity contribution >= 4 is 29.0 Å². The zero-order chi connectivity index (χ0) is 17.7. The van der Waals surface area contributed by atoms with Crippen LogP contribution >= 0.6 is 11.6 Å². The fourth-order valence-electron chi connectivity index (χ4n) is 1.80. The van der Waals surface area contributed by atoms with Crippen LogP contribution in [0.3, 0.4) is 0 Å². The molecule has 0 atom stereocenters. The van der Waals surface area contributed by atoms with E-state index < -0.39 is 10.9 Å². The number of carbonyl (C=O) groups is 2. The van der Waals surface area contributed by atoms with Crippen LogP contribution in [0.1, 0.15) is 17.3 Å². The van der Waals surface area contributed by atoms with Gasteiger partial charge in [0, 0.05) is 6.07 Å². The first-order valence-corrected chi connectivity index (χ1v) is 7.13. The maximum absolute atomic E-state index is 11.8. The van der Waals surface area contributed by atoms with Crippen LogP contribution < -0.4 is 4.74 Å². The molecule has 8 heteroatoms. The number of esters is 1. The number of ether oxygens (including phenoxy) is 2. The zero-order valence-corrected chi connectivity index (χ0v) is 13.3. The molecule has 2 rings (SSSR count). The number of rotatable bonds is 6. The van der Waals surface area contributed by atoms with Gasteiger partial charge in [-0.3, -0.25) is 14.9 Å². The van der Waals surface area contributed by atoms with Gasteiger partial charge in [-0.15, -0.1) is 0 Å². The highest BCUT2D eigenvalue weighted by Crippen LogP contribution is 2.37. The Balaban J connectivity index is 2.26. The Morgan fingerprint density at radius 2 is 1.92 bits per heavy atom. The molecule has 0 aliphatic carbocycles. The lowest BCUT2D eigenvalue weighted by molar-refractivity contribution is -0.385. The van der Waals surface area contributed by atoms with E-state index in [0.29, 0.717) is 0 Å². The van der Waals surface area contributed by atoms with Crippen molar-refractivity contribution in [3.8, 4) is 11.5 Å². The van der Waals surface area contributed by atoms with Gasteiger partial charge in [-0.25, -0.2) is 4.79 Å². The third kappa shape index (κ3) is 4.30. The molecule has 0 spiro atoms. The number of hydrogen-bond acceptors (Lipinski definition) is 6. The summed E-state index contributed by atoms with van der Waals surface area (Å²) >= 11 is 5.95. The topological polar surface area (TPSA) is 95.7 Å². The SMILES string of the molecule is CC(=O)COC(=O)c1cccc(Oc2c(Cl)cccc2[N+](=O)[O-])c1. The van der Waals surface area contributed by atoms with E-state index in [-0.39, 0.29) is 40.2 Å². The Morgan fingerprint density at radius 3 is 2.58 bits per heavy atom. The van der Waals surface area contributed by atoms with E-state index in [9.17, 15) is 19.7 Å². The lowest BCUT2D eigenvalue weighted by Crippen LogP contribution is -2.11. The largest absolute Gasteiger partial charge is 0.454 e. The lowest BCUT2D eigenvalue weighted by Gasteiger charge is -2.09. The number of carbonyl (C=O) groups excluding carboxylic acids is 2. The Bertz CT molecular complexity index is 805. The second kappa shape index (κ2) is 7.56. The highest BCUT2D eigenvalue weighted by molar-refractivity contribution is 6.32. The van der Waals surface area contributed by atoms with Crippen molar-refractivity contribution in [3.63, 3.8) is 0 Å². The van der Waals surface area contributed by atoms with Crippen molar-refractivity contribution in [1.82, 2.24) is 0 Å². The lowest BCUT2D eigenvalue weighted by atomic mass is 10.2. The summed E-state index contributed by atoms with van der Waals surface area (Å²) in [6.07, 6.45) is 0. The molecule has 0 aromatic heterocycles. The van der Waals surface area contributed by atoms with Gasteiger partial charge in [0.05, 0.1) is 15.5 Å². The minimum Gasteiger partial charge on any atom is -0.454 e. The molecule has 0 heterocycles. The van der Waals surface area contributed by atoms with Gasteiger partial charge in [0.25, 0.3) is 0 Å². The minimum atomic E-state index is -0.704. The molecule has 2 aromatic carbocycles. The third-order valence-corrected chi connectivity index (χ3v) is 3.14. The molecule has 0 amide bonds. The van der Waals surface area contributed by atoms with Gasteiger partial charge in [-0.2, -0.15) is 0 Å². The summed E-state index contributed by atoms with van der Waals surface area (Å²) in [7, 11) is 0. The number of nitro groups is 1. The van der Waals surface area contributed by atoms with Crippen molar-refractivity contribution in [2.75, 3.05) is 6.61 Å². The first-order valence-electron chi connectivity index (χ1n) is 6.76. The zero-order valence-electron chi connectivity index (χ0n) is 12.5. The number of para-hydroxylation sites is 1. The van der Waals surface area contributed by atoms with Gasteiger partial charge in [0.15, 0.2) is 5.78 Å². The quantitative estimate of drug-likeness (QED) is 0.447. The number of halogens is 1. The molecule has 0 fully saturated rings. The van der Waals surface area contributed by atoms with E-state index in [4.69, 9.17) is 21.1 Å². The molecule has 24 heavy (non-hydrogen) atoms. The van der Waals surface area contributed by atoms with E-state index in [2.05, 4.69) is 0 Å². The van der Waals surface area contributed by atoms with Crippen molar-refractivity contribution in [2.24, 2.45) is 0 Å².